The highest BCUT2D eigenvalue weighted by molar-refractivity contribution is 7.09. The van der Waals surface area contributed by atoms with Crippen LogP contribution in [0.4, 0.5) is 22.0 Å². The van der Waals surface area contributed by atoms with E-state index in [0.29, 0.717) is 4.88 Å². The molecule has 1 nitrogen and oxygen atoms in total. The van der Waals surface area contributed by atoms with Crippen LogP contribution in [0.3, 0.4) is 0 Å². The Morgan fingerprint density at radius 3 is 2.00 bits per heavy atom. The van der Waals surface area contributed by atoms with Gasteiger partial charge in [-0.3, -0.25) is 0 Å². The molecule has 1 heterocycles. The molecule has 2 rings (SSSR count). The van der Waals surface area contributed by atoms with Crippen LogP contribution in [0.5, 0.6) is 0 Å². The van der Waals surface area contributed by atoms with Crippen molar-refractivity contribution < 1.29 is 22.0 Å². The summed E-state index contributed by atoms with van der Waals surface area (Å²) in [6.07, 6.45) is -0.153. The monoisotopic (exact) mass is 317 g/mol. The van der Waals surface area contributed by atoms with Gasteiger partial charge in [-0.15, -0.1) is 11.3 Å². The second-order valence-electron chi connectivity index (χ2n) is 4.64. The van der Waals surface area contributed by atoms with E-state index in [4.69, 9.17) is 0 Å². The SMILES string of the molecule is CC(C#N)(Cc1cccs1)c1c(F)c(F)c(F)c(F)c1F. The topological polar surface area (TPSA) is 23.8 Å². The van der Waals surface area contributed by atoms with Crippen molar-refractivity contribution in [1.29, 1.82) is 5.26 Å². The number of hydrogen-bond donors (Lipinski definition) is 0. The van der Waals surface area contributed by atoms with Crippen molar-refractivity contribution in [3.8, 4) is 6.07 Å². The van der Waals surface area contributed by atoms with E-state index < -0.39 is 40.1 Å². The van der Waals surface area contributed by atoms with Crippen molar-refractivity contribution in [2.45, 2.75) is 18.8 Å². The second kappa shape index (κ2) is 5.45. The van der Waals surface area contributed by atoms with Crippen LogP contribution < -0.4 is 0 Å². The summed E-state index contributed by atoms with van der Waals surface area (Å²) < 4.78 is 67.3. The van der Waals surface area contributed by atoms with Gasteiger partial charge in [-0.2, -0.15) is 5.26 Å². The standard InChI is InChI=1S/C14H8F5NS/c1-14(6-20,5-7-3-2-4-21-7)8-9(15)11(17)13(19)12(18)10(8)16/h2-4H,5H2,1H3. The fraction of sp³-hybridized carbons (Fsp3) is 0.214. The zero-order valence-corrected chi connectivity index (χ0v) is 11.5. The molecular formula is C14H8F5NS. The average molecular weight is 317 g/mol. The molecule has 0 amide bonds. The van der Waals surface area contributed by atoms with E-state index in [1.54, 1.807) is 23.6 Å². The minimum Gasteiger partial charge on any atom is -0.203 e. The predicted molar refractivity (Wildman–Crippen MR) is 67.2 cm³/mol. The van der Waals surface area contributed by atoms with Gasteiger partial charge in [-0.25, -0.2) is 22.0 Å². The number of thiophene rings is 1. The highest BCUT2D eigenvalue weighted by Gasteiger charge is 2.38. The molecule has 0 aliphatic heterocycles. The molecule has 110 valence electrons. The van der Waals surface area contributed by atoms with Gasteiger partial charge in [0.2, 0.25) is 5.82 Å². The van der Waals surface area contributed by atoms with E-state index in [2.05, 4.69) is 0 Å². The van der Waals surface area contributed by atoms with Crippen LogP contribution >= 0.6 is 11.3 Å². The molecule has 0 saturated heterocycles. The molecule has 2 aromatic rings. The van der Waals surface area contributed by atoms with E-state index in [1.165, 1.54) is 11.3 Å². The van der Waals surface area contributed by atoms with E-state index in [9.17, 15) is 27.2 Å². The Morgan fingerprint density at radius 1 is 1.05 bits per heavy atom. The molecule has 1 aromatic heterocycles. The number of halogens is 5. The lowest BCUT2D eigenvalue weighted by atomic mass is 9.79. The number of rotatable bonds is 3. The smallest absolute Gasteiger partial charge is 0.200 e. The number of hydrogen-bond acceptors (Lipinski definition) is 2. The fourth-order valence-electron chi connectivity index (χ4n) is 2.03. The van der Waals surface area contributed by atoms with Gasteiger partial charge in [0, 0.05) is 11.3 Å². The van der Waals surface area contributed by atoms with Crippen molar-refractivity contribution in [2.75, 3.05) is 0 Å². The first-order chi connectivity index (χ1) is 9.81. The van der Waals surface area contributed by atoms with Crippen molar-refractivity contribution in [1.82, 2.24) is 0 Å². The maximum absolute atomic E-state index is 13.8. The molecule has 0 fully saturated rings. The number of nitriles is 1. The van der Waals surface area contributed by atoms with Crippen molar-refractivity contribution in [3.05, 3.63) is 57.0 Å². The summed E-state index contributed by atoms with van der Waals surface area (Å²) in [5.74, 6) is -10.3. The quantitative estimate of drug-likeness (QED) is 0.465. The van der Waals surface area contributed by atoms with Crippen molar-refractivity contribution >= 4 is 11.3 Å². The van der Waals surface area contributed by atoms with Gasteiger partial charge in [0.25, 0.3) is 0 Å². The third kappa shape index (κ3) is 2.51. The van der Waals surface area contributed by atoms with E-state index in [-0.39, 0.29) is 6.42 Å². The lowest BCUT2D eigenvalue weighted by Crippen LogP contribution is -2.27. The Hall–Kier alpha value is -1.94. The molecule has 1 unspecified atom stereocenters. The summed E-state index contributed by atoms with van der Waals surface area (Å²) in [7, 11) is 0. The van der Waals surface area contributed by atoms with E-state index in [1.807, 2.05) is 0 Å². The van der Waals surface area contributed by atoms with Crippen LogP contribution in [-0.4, -0.2) is 0 Å². The first-order valence-corrected chi connectivity index (χ1v) is 6.65. The zero-order valence-electron chi connectivity index (χ0n) is 10.7. The van der Waals surface area contributed by atoms with Crippen molar-refractivity contribution in [2.24, 2.45) is 0 Å². The van der Waals surface area contributed by atoms with Gasteiger partial charge in [0.15, 0.2) is 23.3 Å². The van der Waals surface area contributed by atoms with Crippen LogP contribution in [0, 0.1) is 40.4 Å². The normalized spacial score (nSPS) is 13.8. The van der Waals surface area contributed by atoms with Crippen LogP contribution in [0.2, 0.25) is 0 Å². The summed E-state index contributed by atoms with van der Waals surface area (Å²) >= 11 is 1.23. The Bertz CT molecular complexity index is 691. The van der Waals surface area contributed by atoms with E-state index in [0.717, 1.165) is 6.92 Å². The summed E-state index contributed by atoms with van der Waals surface area (Å²) in [5.41, 5.74) is -2.97. The van der Waals surface area contributed by atoms with Gasteiger partial charge < -0.3 is 0 Å². The van der Waals surface area contributed by atoms with Gasteiger partial charge in [-0.1, -0.05) is 6.07 Å². The fourth-order valence-corrected chi connectivity index (χ4v) is 2.90. The molecule has 0 saturated carbocycles. The average Bonchev–Trinajstić information content (AvgIpc) is 2.95. The first-order valence-electron chi connectivity index (χ1n) is 5.77. The van der Waals surface area contributed by atoms with Crippen LogP contribution in [0.1, 0.15) is 17.4 Å². The van der Waals surface area contributed by atoms with Gasteiger partial charge in [0.1, 0.15) is 0 Å². The molecule has 0 aliphatic carbocycles. The number of nitrogens with zero attached hydrogens (tertiary/aromatic N) is 1. The molecule has 0 spiro atoms. The summed E-state index contributed by atoms with van der Waals surface area (Å²) in [6, 6.07) is 4.94. The molecule has 0 aliphatic rings. The van der Waals surface area contributed by atoms with Gasteiger partial charge in [0.05, 0.1) is 17.0 Å². The van der Waals surface area contributed by atoms with Crippen molar-refractivity contribution in [3.63, 3.8) is 0 Å². The van der Waals surface area contributed by atoms with Gasteiger partial charge >= 0.3 is 0 Å². The molecule has 1 atom stereocenters. The number of benzene rings is 1. The van der Waals surface area contributed by atoms with E-state index >= 15 is 0 Å². The van der Waals surface area contributed by atoms with Gasteiger partial charge in [-0.05, 0) is 18.4 Å². The minimum atomic E-state index is -2.23. The minimum absolute atomic E-state index is 0.153. The predicted octanol–water partition coefficient (Wildman–Crippen LogP) is 4.47. The van der Waals surface area contributed by atoms with Crippen LogP contribution in [-0.2, 0) is 11.8 Å². The Balaban J connectivity index is 2.66. The zero-order chi connectivity index (χ0) is 15.8. The second-order valence-corrected chi connectivity index (χ2v) is 5.68. The lowest BCUT2D eigenvalue weighted by Gasteiger charge is -2.23. The largest absolute Gasteiger partial charge is 0.203 e. The maximum Gasteiger partial charge on any atom is 0.200 e. The van der Waals surface area contributed by atoms with Crippen LogP contribution in [0.25, 0.3) is 0 Å². The molecule has 0 bridgehead atoms. The molecule has 0 radical (unpaired) electrons. The molecule has 21 heavy (non-hydrogen) atoms. The Kier molecular flexibility index (Phi) is 4.01. The third-order valence-electron chi connectivity index (χ3n) is 3.12. The molecule has 7 heteroatoms. The third-order valence-corrected chi connectivity index (χ3v) is 3.99. The highest BCUT2D eigenvalue weighted by atomic mass is 32.1. The first kappa shape index (κ1) is 15.4. The maximum atomic E-state index is 13.8. The summed E-state index contributed by atoms with van der Waals surface area (Å²) in [6.45, 7) is 1.14. The lowest BCUT2D eigenvalue weighted by molar-refractivity contribution is 0.356. The Labute approximate surface area is 121 Å². The summed E-state index contributed by atoms with van der Waals surface area (Å²) in [5, 5.41) is 10.9. The Morgan fingerprint density at radius 2 is 1.57 bits per heavy atom. The molecule has 0 N–H and O–H groups in total. The summed E-state index contributed by atoms with van der Waals surface area (Å²) in [4.78, 5) is 0.600. The molecule has 1 aromatic carbocycles. The molecular weight excluding hydrogens is 309 g/mol. The van der Waals surface area contributed by atoms with Crippen LogP contribution in [0.15, 0.2) is 17.5 Å². The highest BCUT2D eigenvalue weighted by Crippen LogP contribution is 2.35.